The molecule has 1 atom stereocenters. The van der Waals surface area contributed by atoms with Crippen molar-refractivity contribution in [3.05, 3.63) is 71.3 Å². The van der Waals surface area contributed by atoms with Crippen molar-refractivity contribution in [2.24, 2.45) is 0 Å². The van der Waals surface area contributed by atoms with Crippen LogP contribution in [0.4, 0.5) is 14.6 Å². The topological polar surface area (TPSA) is 114 Å². The smallest absolute Gasteiger partial charge is 0.395 e. The minimum absolute atomic E-state index is 0.0628. The molecule has 1 saturated carbocycles. The Labute approximate surface area is 283 Å². The molecular weight excluding hydrogens is 640 g/mol. The molecule has 1 aliphatic carbocycles. The second-order valence-electron chi connectivity index (χ2n) is 12.4. The Morgan fingerprint density at radius 3 is 2.73 bits per heavy atom. The van der Waals surface area contributed by atoms with Gasteiger partial charge in [0.25, 0.3) is 5.91 Å². The Morgan fingerprint density at radius 1 is 1.08 bits per heavy atom. The number of amides is 2. The molecular formula is C35H41F2N5O5S. The molecule has 1 aromatic heterocycles. The van der Waals surface area contributed by atoms with E-state index in [2.05, 4.69) is 37.2 Å². The molecule has 3 N–H and O–H groups in total. The first-order chi connectivity index (χ1) is 23.1. The number of benzene rings is 2. The molecule has 6 rings (SSSR count). The number of nitrogens with one attached hydrogen (secondary N) is 3. The van der Waals surface area contributed by atoms with Crippen LogP contribution < -0.4 is 25.4 Å². The Bertz CT molecular complexity index is 1640. The highest BCUT2D eigenvalue weighted by Crippen LogP contribution is 2.52. The van der Waals surface area contributed by atoms with E-state index >= 15 is 0 Å². The highest BCUT2D eigenvalue weighted by Gasteiger charge is 2.53. The first-order valence-corrected chi connectivity index (χ1v) is 17.5. The van der Waals surface area contributed by atoms with Gasteiger partial charge < -0.3 is 30.2 Å². The van der Waals surface area contributed by atoms with Crippen LogP contribution in [0.3, 0.4) is 0 Å². The molecule has 0 radical (unpaired) electrons. The van der Waals surface area contributed by atoms with E-state index in [1.54, 1.807) is 36.0 Å². The number of piperazine rings is 1. The second kappa shape index (κ2) is 14.8. The minimum atomic E-state index is -3.72. The van der Waals surface area contributed by atoms with Gasteiger partial charge in [0, 0.05) is 61.4 Å². The predicted molar refractivity (Wildman–Crippen MR) is 181 cm³/mol. The summed E-state index contributed by atoms with van der Waals surface area (Å²) in [5.74, 6) is 1.41. The zero-order valence-corrected chi connectivity index (χ0v) is 28.0. The number of aryl methyl sites for hydroxylation is 1. The Kier molecular flexibility index (Phi) is 10.5. The molecule has 256 valence electrons. The van der Waals surface area contributed by atoms with E-state index < -0.39 is 11.7 Å². The zero-order valence-electron chi connectivity index (χ0n) is 27.2. The van der Waals surface area contributed by atoms with E-state index in [1.165, 1.54) is 12.1 Å². The van der Waals surface area contributed by atoms with Crippen molar-refractivity contribution in [3.63, 3.8) is 0 Å². The van der Waals surface area contributed by atoms with Crippen LogP contribution in [0.25, 0.3) is 11.3 Å². The highest BCUT2D eigenvalue weighted by atomic mass is 32.2. The van der Waals surface area contributed by atoms with Gasteiger partial charge in [0.05, 0.1) is 24.3 Å². The third-order valence-electron chi connectivity index (χ3n) is 8.78. The number of aromatic nitrogens is 1. The van der Waals surface area contributed by atoms with E-state index in [0.717, 1.165) is 55.4 Å². The van der Waals surface area contributed by atoms with Gasteiger partial charge in [-0.05, 0) is 68.1 Å². The third kappa shape index (κ3) is 8.25. The standard InChI is InChI=1S/C35H41F2N5O5S/c1-23-6-9-30(41-33(44)34(10-11-34)27-7-8-28-29(21-27)47-35(36,37)46-28)40-31(23)25-4-3-5-26(20-25)32(43)39-13-18-48-19-17-45-16-15-42-14-12-38-24(2)22-42/h3-9,20-21,24,38H,10-19,22H2,1-2H3,(H,39,43)(H,40,41,44). The van der Waals surface area contributed by atoms with E-state index in [4.69, 9.17) is 9.72 Å². The van der Waals surface area contributed by atoms with Crippen molar-refractivity contribution in [1.29, 1.82) is 0 Å². The van der Waals surface area contributed by atoms with Crippen molar-refractivity contribution in [2.75, 3.05) is 62.8 Å². The van der Waals surface area contributed by atoms with E-state index in [-0.39, 0.29) is 23.3 Å². The van der Waals surface area contributed by atoms with Crippen molar-refractivity contribution in [3.8, 4) is 22.8 Å². The summed E-state index contributed by atoms with van der Waals surface area (Å²) in [7, 11) is 0. The fourth-order valence-electron chi connectivity index (χ4n) is 6.02. The summed E-state index contributed by atoms with van der Waals surface area (Å²) >= 11 is 1.75. The van der Waals surface area contributed by atoms with Crippen LogP contribution in [-0.2, 0) is 14.9 Å². The molecule has 1 unspecified atom stereocenters. The van der Waals surface area contributed by atoms with E-state index in [0.29, 0.717) is 54.7 Å². The number of nitrogens with zero attached hydrogens (tertiary/aromatic N) is 2. The van der Waals surface area contributed by atoms with Gasteiger partial charge in [-0.1, -0.05) is 24.3 Å². The number of thioether (sulfide) groups is 1. The van der Waals surface area contributed by atoms with Crippen LogP contribution in [-0.4, -0.2) is 91.5 Å². The molecule has 10 nitrogen and oxygen atoms in total. The summed E-state index contributed by atoms with van der Waals surface area (Å²) in [5, 5.41) is 9.34. The number of alkyl halides is 2. The SMILES string of the molecule is Cc1ccc(NC(=O)C2(c3ccc4c(c3)OC(F)(F)O4)CC2)nc1-c1cccc(C(=O)NCCSCCOCCN2CCNC(C)C2)c1. The average Bonchev–Trinajstić information content (AvgIpc) is 3.82. The summed E-state index contributed by atoms with van der Waals surface area (Å²) in [6.07, 6.45) is -2.60. The number of fused-ring (bicyclic) bond motifs is 1. The maximum Gasteiger partial charge on any atom is 0.586 e. The summed E-state index contributed by atoms with van der Waals surface area (Å²) in [6, 6.07) is 15.8. The Morgan fingerprint density at radius 2 is 1.92 bits per heavy atom. The Hall–Kier alpha value is -3.78. The molecule has 3 aliphatic rings. The number of pyridine rings is 1. The lowest BCUT2D eigenvalue weighted by atomic mass is 9.94. The fourth-order valence-corrected chi connectivity index (χ4v) is 6.71. The van der Waals surface area contributed by atoms with Crippen molar-refractivity contribution < 1.29 is 32.6 Å². The number of ether oxygens (including phenoxy) is 3. The van der Waals surface area contributed by atoms with E-state index in [1.807, 2.05) is 25.1 Å². The predicted octanol–water partition coefficient (Wildman–Crippen LogP) is 4.82. The fraction of sp³-hybridized carbons (Fsp3) is 0.457. The quantitative estimate of drug-likeness (QED) is 0.206. The van der Waals surface area contributed by atoms with Crippen molar-refractivity contribution in [2.45, 2.75) is 44.4 Å². The number of anilines is 1. The number of hydrogen-bond acceptors (Lipinski definition) is 9. The van der Waals surface area contributed by atoms with E-state index in [9.17, 15) is 18.4 Å². The van der Waals surface area contributed by atoms with Gasteiger partial charge >= 0.3 is 6.29 Å². The van der Waals surface area contributed by atoms with Crippen molar-refractivity contribution in [1.82, 2.24) is 20.5 Å². The van der Waals surface area contributed by atoms with Crippen LogP contribution in [0.15, 0.2) is 54.6 Å². The third-order valence-corrected chi connectivity index (χ3v) is 9.73. The Balaban J connectivity index is 0.978. The van der Waals surface area contributed by atoms with Gasteiger partial charge in [-0.3, -0.25) is 14.5 Å². The number of rotatable bonds is 14. The zero-order chi connectivity index (χ0) is 33.7. The first kappa shape index (κ1) is 34.1. The highest BCUT2D eigenvalue weighted by molar-refractivity contribution is 7.99. The maximum absolute atomic E-state index is 13.5. The average molecular weight is 682 g/mol. The molecule has 1 saturated heterocycles. The largest absolute Gasteiger partial charge is 0.586 e. The second-order valence-corrected chi connectivity index (χ2v) is 13.7. The van der Waals surface area contributed by atoms with Gasteiger partial charge in [-0.25, -0.2) is 4.98 Å². The normalized spacial score (nSPS) is 19.1. The monoisotopic (exact) mass is 681 g/mol. The molecule has 2 fully saturated rings. The number of carbonyl (C=O) groups excluding carboxylic acids is 2. The summed E-state index contributed by atoms with van der Waals surface area (Å²) < 4.78 is 41.9. The molecule has 2 amide bonds. The molecule has 13 heteroatoms. The molecule has 48 heavy (non-hydrogen) atoms. The number of hydrogen-bond donors (Lipinski definition) is 3. The molecule has 3 aromatic rings. The lowest BCUT2D eigenvalue weighted by Crippen LogP contribution is -2.49. The lowest BCUT2D eigenvalue weighted by Gasteiger charge is -2.31. The van der Waals surface area contributed by atoms with Gasteiger partial charge in [0.2, 0.25) is 5.91 Å². The first-order valence-electron chi connectivity index (χ1n) is 16.3. The van der Waals surface area contributed by atoms with Crippen LogP contribution in [0.1, 0.15) is 41.3 Å². The van der Waals surface area contributed by atoms with Gasteiger partial charge in [0.15, 0.2) is 11.5 Å². The van der Waals surface area contributed by atoms with Gasteiger partial charge in [0.1, 0.15) is 5.82 Å². The lowest BCUT2D eigenvalue weighted by molar-refractivity contribution is -0.286. The maximum atomic E-state index is 13.5. The summed E-state index contributed by atoms with van der Waals surface area (Å²) in [5.41, 5.74) is 2.49. The van der Waals surface area contributed by atoms with Crippen LogP contribution in [0.5, 0.6) is 11.5 Å². The molecule has 3 heterocycles. The van der Waals surface area contributed by atoms with Crippen LogP contribution in [0, 0.1) is 6.92 Å². The number of halogens is 2. The molecule has 0 bridgehead atoms. The van der Waals surface area contributed by atoms with Gasteiger partial charge in [-0.15, -0.1) is 8.78 Å². The van der Waals surface area contributed by atoms with Crippen LogP contribution in [0.2, 0.25) is 0 Å². The minimum Gasteiger partial charge on any atom is -0.395 e. The molecule has 2 aromatic carbocycles. The summed E-state index contributed by atoms with van der Waals surface area (Å²) in [6.45, 7) is 10.2. The summed E-state index contributed by atoms with van der Waals surface area (Å²) in [4.78, 5) is 33.5. The molecule has 2 aliphatic heterocycles. The van der Waals surface area contributed by atoms with Crippen molar-refractivity contribution >= 4 is 29.4 Å². The van der Waals surface area contributed by atoms with Gasteiger partial charge in [-0.2, -0.15) is 11.8 Å². The van der Waals surface area contributed by atoms with Crippen LogP contribution >= 0.6 is 11.8 Å². The molecule has 0 spiro atoms. The number of carbonyl (C=O) groups is 2.